The van der Waals surface area contributed by atoms with Gasteiger partial charge >= 0.3 is 0 Å². The Morgan fingerprint density at radius 1 is 1.23 bits per heavy atom. The predicted octanol–water partition coefficient (Wildman–Crippen LogP) is 3.14. The van der Waals surface area contributed by atoms with Crippen LogP contribution in [0.4, 0.5) is 4.39 Å². The second-order valence-corrected chi connectivity index (χ2v) is 8.18. The molecule has 3 aromatic rings. The maximum atomic E-state index is 14.4. The summed E-state index contributed by atoms with van der Waals surface area (Å²) in [6.45, 7) is 6.30. The van der Waals surface area contributed by atoms with Crippen molar-refractivity contribution >= 4 is 29.1 Å². The lowest BCUT2D eigenvalue weighted by molar-refractivity contribution is 0.0493. The quantitative estimate of drug-likeness (QED) is 0.612. The maximum absolute atomic E-state index is 14.4. The molecule has 4 rings (SSSR count). The van der Waals surface area contributed by atoms with Crippen LogP contribution >= 0.6 is 12.4 Å². The molecular formula is C23H26ClFN4O2. The summed E-state index contributed by atoms with van der Waals surface area (Å²) in [4.78, 5) is 26.5. The molecule has 1 aromatic heterocycles. The molecule has 6 nitrogen and oxygen atoms in total. The minimum Gasteiger partial charge on any atom is -0.338 e. The van der Waals surface area contributed by atoms with Gasteiger partial charge in [-0.2, -0.15) is 5.10 Å². The van der Waals surface area contributed by atoms with Crippen molar-refractivity contribution in [2.75, 3.05) is 19.6 Å². The molecule has 1 aliphatic rings. The van der Waals surface area contributed by atoms with Crippen molar-refractivity contribution in [1.82, 2.24) is 20.4 Å². The van der Waals surface area contributed by atoms with Gasteiger partial charge in [0.2, 0.25) is 0 Å². The van der Waals surface area contributed by atoms with Gasteiger partial charge in [0, 0.05) is 43.4 Å². The Kier molecular flexibility index (Phi) is 7.08. The van der Waals surface area contributed by atoms with E-state index in [0.717, 1.165) is 17.5 Å². The zero-order valence-electron chi connectivity index (χ0n) is 17.5. The molecule has 8 heteroatoms. The van der Waals surface area contributed by atoms with Gasteiger partial charge < -0.3 is 10.2 Å². The second kappa shape index (κ2) is 9.58. The highest BCUT2D eigenvalue weighted by atomic mass is 35.5. The van der Waals surface area contributed by atoms with Crippen LogP contribution in [0.1, 0.15) is 35.5 Å². The Hall–Kier alpha value is -2.77. The van der Waals surface area contributed by atoms with Crippen molar-refractivity contribution in [2.24, 2.45) is 5.92 Å². The van der Waals surface area contributed by atoms with Gasteiger partial charge in [-0.25, -0.2) is 9.49 Å². The molecule has 0 radical (unpaired) electrons. The number of nitrogens with zero attached hydrogens (tertiary/aromatic N) is 2. The van der Waals surface area contributed by atoms with Gasteiger partial charge in [0.25, 0.3) is 11.5 Å². The third kappa shape index (κ3) is 4.94. The van der Waals surface area contributed by atoms with Gasteiger partial charge in [-0.1, -0.05) is 38.1 Å². The summed E-state index contributed by atoms with van der Waals surface area (Å²) in [5.74, 6) is -0.402. The Balaban J connectivity index is 0.00000272. The number of benzene rings is 2. The molecule has 0 aliphatic carbocycles. The standard InChI is InChI=1S/C23H25FN4O2.ClH/c1-14(2)25-11-16-12-28(13-16)23(30)19-9-15(7-8-20(19)24)10-21-17-5-3-4-6-18(17)22(29)27-26-21;/h3-9,14,16,25H,10-13H2,1-2H3,(H,27,29);1H. The van der Waals surface area contributed by atoms with Crippen molar-refractivity contribution in [1.29, 1.82) is 0 Å². The molecule has 0 atom stereocenters. The number of carbonyl (C=O) groups is 1. The highest BCUT2D eigenvalue weighted by molar-refractivity contribution is 5.95. The van der Waals surface area contributed by atoms with E-state index in [1.807, 2.05) is 12.1 Å². The van der Waals surface area contributed by atoms with E-state index >= 15 is 0 Å². The number of amides is 1. The summed E-state index contributed by atoms with van der Waals surface area (Å²) in [6.07, 6.45) is 0.388. The van der Waals surface area contributed by atoms with E-state index in [-0.39, 0.29) is 29.4 Å². The van der Waals surface area contributed by atoms with E-state index in [1.165, 1.54) is 6.07 Å². The minimum absolute atomic E-state index is 0. The SMILES string of the molecule is CC(C)NCC1CN(C(=O)c2cc(Cc3n[nH]c(=O)c4ccccc34)ccc2F)C1.Cl. The molecule has 2 aromatic carbocycles. The average molecular weight is 445 g/mol. The van der Waals surface area contributed by atoms with Crippen LogP contribution in [0.25, 0.3) is 10.8 Å². The van der Waals surface area contributed by atoms with Crippen LogP contribution in [0.3, 0.4) is 0 Å². The second-order valence-electron chi connectivity index (χ2n) is 8.18. The van der Waals surface area contributed by atoms with Gasteiger partial charge in [0.1, 0.15) is 5.82 Å². The Morgan fingerprint density at radius 3 is 2.65 bits per heavy atom. The maximum Gasteiger partial charge on any atom is 0.272 e. The van der Waals surface area contributed by atoms with E-state index in [9.17, 15) is 14.0 Å². The number of likely N-dealkylation sites (tertiary alicyclic amines) is 1. The molecule has 164 valence electrons. The molecule has 1 aliphatic heterocycles. The number of aromatic nitrogens is 2. The van der Waals surface area contributed by atoms with E-state index in [1.54, 1.807) is 29.2 Å². The summed E-state index contributed by atoms with van der Waals surface area (Å²) >= 11 is 0. The molecule has 1 saturated heterocycles. The fourth-order valence-electron chi connectivity index (χ4n) is 3.78. The lowest BCUT2D eigenvalue weighted by Crippen LogP contribution is -2.54. The highest BCUT2D eigenvalue weighted by Crippen LogP contribution is 2.22. The van der Waals surface area contributed by atoms with Crippen LogP contribution in [0.15, 0.2) is 47.3 Å². The number of rotatable bonds is 6. The van der Waals surface area contributed by atoms with Crippen molar-refractivity contribution in [3.8, 4) is 0 Å². The summed E-state index contributed by atoms with van der Waals surface area (Å²) in [7, 11) is 0. The molecule has 1 amide bonds. The Bertz CT molecular complexity index is 1140. The van der Waals surface area contributed by atoms with Crippen LogP contribution in [-0.2, 0) is 6.42 Å². The molecule has 31 heavy (non-hydrogen) atoms. The van der Waals surface area contributed by atoms with E-state index in [4.69, 9.17) is 0 Å². The number of halogens is 2. The predicted molar refractivity (Wildman–Crippen MR) is 121 cm³/mol. The lowest BCUT2D eigenvalue weighted by Gasteiger charge is -2.40. The van der Waals surface area contributed by atoms with Gasteiger partial charge in [-0.05, 0) is 23.8 Å². The molecule has 0 saturated carbocycles. The summed E-state index contributed by atoms with van der Waals surface area (Å²) < 4.78 is 14.4. The topological polar surface area (TPSA) is 78.1 Å². The molecular weight excluding hydrogens is 419 g/mol. The van der Waals surface area contributed by atoms with Crippen LogP contribution in [0.5, 0.6) is 0 Å². The number of aromatic amines is 1. The largest absolute Gasteiger partial charge is 0.338 e. The average Bonchev–Trinajstić information content (AvgIpc) is 2.70. The number of nitrogens with one attached hydrogen (secondary N) is 2. The molecule has 2 heterocycles. The summed E-state index contributed by atoms with van der Waals surface area (Å²) in [5.41, 5.74) is 1.28. The zero-order valence-corrected chi connectivity index (χ0v) is 18.3. The Morgan fingerprint density at radius 2 is 1.94 bits per heavy atom. The first-order valence-corrected chi connectivity index (χ1v) is 10.2. The number of hydrogen-bond acceptors (Lipinski definition) is 4. The normalized spacial score (nSPS) is 13.9. The molecule has 1 fully saturated rings. The van der Waals surface area contributed by atoms with E-state index < -0.39 is 5.82 Å². The summed E-state index contributed by atoms with van der Waals surface area (Å²) in [5, 5.41) is 11.4. The van der Waals surface area contributed by atoms with Gasteiger partial charge in [0.05, 0.1) is 16.6 Å². The van der Waals surface area contributed by atoms with Crippen molar-refractivity contribution < 1.29 is 9.18 Å². The Labute approximate surface area is 186 Å². The van der Waals surface area contributed by atoms with Crippen LogP contribution in [0.2, 0.25) is 0 Å². The number of H-pyrrole nitrogens is 1. The van der Waals surface area contributed by atoms with Crippen molar-refractivity contribution in [2.45, 2.75) is 26.3 Å². The monoisotopic (exact) mass is 444 g/mol. The smallest absolute Gasteiger partial charge is 0.272 e. The van der Waals surface area contributed by atoms with Gasteiger partial charge in [-0.15, -0.1) is 12.4 Å². The molecule has 0 spiro atoms. The molecule has 0 bridgehead atoms. The van der Waals surface area contributed by atoms with Gasteiger partial charge in [0.15, 0.2) is 0 Å². The van der Waals surface area contributed by atoms with Crippen molar-refractivity contribution in [3.05, 3.63) is 75.5 Å². The van der Waals surface area contributed by atoms with E-state index in [0.29, 0.717) is 42.6 Å². The van der Waals surface area contributed by atoms with E-state index in [2.05, 4.69) is 29.4 Å². The fraction of sp³-hybridized carbons (Fsp3) is 0.348. The van der Waals surface area contributed by atoms with Crippen LogP contribution in [-0.4, -0.2) is 46.7 Å². The fourth-order valence-corrected chi connectivity index (χ4v) is 3.78. The summed E-state index contributed by atoms with van der Waals surface area (Å²) in [6, 6.07) is 12.2. The van der Waals surface area contributed by atoms with Crippen LogP contribution < -0.4 is 10.9 Å². The number of fused-ring (bicyclic) bond motifs is 1. The number of carbonyl (C=O) groups excluding carboxylic acids is 1. The molecule has 0 unspecified atom stereocenters. The molecule has 2 N–H and O–H groups in total. The number of hydrogen-bond donors (Lipinski definition) is 2. The first kappa shape index (κ1) is 22.9. The third-order valence-electron chi connectivity index (χ3n) is 5.47. The zero-order chi connectivity index (χ0) is 21.3. The van der Waals surface area contributed by atoms with Crippen LogP contribution in [0, 0.1) is 11.7 Å². The van der Waals surface area contributed by atoms with Gasteiger partial charge in [-0.3, -0.25) is 9.59 Å². The minimum atomic E-state index is -0.521. The first-order chi connectivity index (χ1) is 14.4. The van der Waals surface area contributed by atoms with Crippen molar-refractivity contribution in [3.63, 3.8) is 0 Å². The highest BCUT2D eigenvalue weighted by Gasteiger charge is 2.32. The third-order valence-corrected chi connectivity index (χ3v) is 5.47. The lowest BCUT2D eigenvalue weighted by atomic mass is 9.97. The first-order valence-electron chi connectivity index (χ1n) is 10.2.